The molecular weight excluding hydrogens is 208 g/mol. The molecule has 0 unspecified atom stereocenters. The molecule has 1 heteroatoms. The molecule has 0 aliphatic rings. The van der Waals surface area contributed by atoms with Crippen molar-refractivity contribution in [2.24, 2.45) is 0 Å². The van der Waals surface area contributed by atoms with Crippen LogP contribution in [0.4, 0.5) is 0 Å². The van der Waals surface area contributed by atoms with Crippen LogP contribution in [0.25, 0.3) is 0 Å². The average molecular weight is 238 g/mol. The molecule has 0 rings (SSSR count). The van der Waals surface area contributed by atoms with Gasteiger partial charge in [0, 0.05) is 0 Å². The van der Waals surface area contributed by atoms with Crippen LogP contribution in [-0.4, -0.2) is 8.07 Å². The van der Waals surface area contributed by atoms with Crippen molar-refractivity contribution in [1.29, 1.82) is 0 Å². The van der Waals surface area contributed by atoms with Crippen molar-refractivity contribution in [1.82, 2.24) is 0 Å². The second kappa shape index (κ2) is 7.89. The Bertz CT molecular complexity index is 230. The van der Waals surface area contributed by atoms with Gasteiger partial charge >= 0.3 is 0 Å². The lowest BCUT2D eigenvalue weighted by Crippen LogP contribution is -2.17. The van der Waals surface area contributed by atoms with E-state index in [9.17, 15) is 0 Å². The molecule has 0 saturated carbocycles. The third-order valence-corrected chi connectivity index (χ3v) is 3.79. The van der Waals surface area contributed by atoms with Gasteiger partial charge in [-0.3, -0.25) is 0 Å². The first-order valence-corrected chi connectivity index (χ1v) is 10.3. The summed E-state index contributed by atoms with van der Waals surface area (Å²) < 4.78 is 0. The van der Waals surface area contributed by atoms with Gasteiger partial charge in [0.2, 0.25) is 0 Å². The highest BCUT2D eigenvalue weighted by Gasteiger charge is 2.10. The van der Waals surface area contributed by atoms with Crippen molar-refractivity contribution in [2.45, 2.75) is 72.0 Å². The highest BCUT2D eigenvalue weighted by Crippen LogP contribution is 2.20. The van der Waals surface area contributed by atoms with E-state index in [4.69, 9.17) is 0 Å². The first kappa shape index (κ1) is 15.7. The Morgan fingerprint density at radius 1 is 1.12 bits per heavy atom. The van der Waals surface area contributed by atoms with Gasteiger partial charge in [0.25, 0.3) is 0 Å². The van der Waals surface area contributed by atoms with Crippen LogP contribution in [0.2, 0.25) is 19.6 Å². The van der Waals surface area contributed by atoms with Gasteiger partial charge in [0.1, 0.15) is 0 Å². The zero-order chi connectivity index (χ0) is 12.6. The maximum atomic E-state index is 4.04. The minimum atomic E-state index is -1.06. The topological polar surface area (TPSA) is 0 Å². The van der Waals surface area contributed by atoms with Crippen LogP contribution in [0.15, 0.2) is 23.4 Å². The van der Waals surface area contributed by atoms with Gasteiger partial charge in [-0.1, -0.05) is 69.3 Å². The molecule has 0 aromatic heterocycles. The van der Waals surface area contributed by atoms with Gasteiger partial charge in [-0.05, 0) is 26.2 Å². The summed E-state index contributed by atoms with van der Waals surface area (Å²) in [6.07, 6.45) is 7.86. The van der Waals surface area contributed by atoms with E-state index in [-0.39, 0.29) is 0 Å². The summed E-state index contributed by atoms with van der Waals surface area (Å²) in [5, 5.41) is 0. The third-order valence-electron chi connectivity index (χ3n) is 2.52. The number of unbranched alkanes of at least 4 members (excludes halogenated alkanes) is 3. The van der Waals surface area contributed by atoms with Gasteiger partial charge in [-0.25, -0.2) is 0 Å². The summed E-state index contributed by atoms with van der Waals surface area (Å²) in [4.78, 5) is 0. The number of rotatable bonds is 8. The van der Waals surface area contributed by atoms with Crippen LogP contribution in [0.1, 0.15) is 52.4 Å². The minimum Gasteiger partial charge on any atom is -0.0998 e. The fraction of sp³-hybridized carbons (Fsp3) is 0.733. The standard InChI is InChI=1S/C15H30Si/c1-7-8-9-10-11-15(12-14(2)3)13-16(4,5)6/h13H,2,7-12H2,1,3-6H3/b15-13-. The summed E-state index contributed by atoms with van der Waals surface area (Å²) in [5.74, 6) is 0. The fourth-order valence-corrected chi connectivity index (χ4v) is 3.46. The molecule has 0 bridgehead atoms. The van der Waals surface area contributed by atoms with Crippen molar-refractivity contribution in [3.05, 3.63) is 23.4 Å². The Labute approximate surface area is 104 Å². The van der Waals surface area contributed by atoms with Gasteiger partial charge in [0.05, 0.1) is 8.07 Å². The van der Waals surface area contributed by atoms with Crippen molar-refractivity contribution < 1.29 is 0 Å². The van der Waals surface area contributed by atoms with Crippen LogP contribution in [0, 0.1) is 0 Å². The highest BCUT2D eigenvalue weighted by atomic mass is 28.3. The largest absolute Gasteiger partial charge is 0.0998 e. The smallest absolute Gasteiger partial charge is 0.0686 e. The van der Waals surface area contributed by atoms with E-state index in [0.717, 1.165) is 6.42 Å². The molecule has 16 heavy (non-hydrogen) atoms. The van der Waals surface area contributed by atoms with Gasteiger partial charge in [0.15, 0.2) is 0 Å². The Morgan fingerprint density at radius 3 is 2.19 bits per heavy atom. The van der Waals surface area contributed by atoms with Crippen molar-refractivity contribution >= 4 is 8.07 Å². The van der Waals surface area contributed by atoms with E-state index in [1.54, 1.807) is 5.57 Å². The normalized spacial score (nSPS) is 12.9. The second-order valence-electron chi connectivity index (χ2n) is 6.11. The molecule has 0 aliphatic heterocycles. The Balaban J connectivity index is 4.22. The Hall–Kier alpha value is -0.303. The second-order valence-corrected chi connectivity index (χ2v) is 11.1. The zero-order valence-corrected chi connectivity index (χ0v) is 13.0. The van der Waals surface area contributed by atoms with E-state index in [1.165, 1.54) is 37.7 Å². The molecule has 0 spiro atoms. The van der Waals surface area contributed by atoms with Crippen LogP contribution >= 0.6 is 0 Å². The summed E-state index contributed by atoms with van der Waals surface area (Å²) in [6.45, 7) is 15.7. The lowest BCUT2D eigenvalue weighted by molar-refractivity contribution is 0.659. The predicted molar refractivity (Wildman–Crippen MR) is 79.6 cm³/mol. The van der Waals surface area contributed by atoms with E-state index in [2.05, 4.69) is 45.8 Å². The summed E-state index contributed by atoms with van der Waals surface area (Å²) in [7, 11) is -1.06. The van der Waals surface area contributed by atoms with Crippen LogP contribution in [0.5, 0.6) is 0 Å². The quantitative estimate of drug-likeness (QED) is 0.288. The predicted octanol–water partition coefficient (Wildman–Crippen LogP) is 5.73. The van der Waals surface area contributed by atoms with Crippen molar-refractivity contribution in [2.75, 3.05) is 0 Å². The van der Waals surface area contributed by atoms with Crippen molar-refractivity contribution in [3.63, 3.8) is 0 Å². The van der Waals surface area contributed by atoms with Gasteiger partial charge in [-0.2, -0.15) is 0 Å². The Morgan fingerprint density at radius 2 is 1.75 bits per heavy atom. The highest BCUT2D eigenvalue weighted by molar-refractivity contribution is 6.81. The first-order chi connectivity index (χ1) is 7.35. The van der Waals surface area contributed by atoms with Gasteiger partial charge < -0.3 is 0 Å². The number of allylic oxidation sites excluding steroid dienone is 2. The first-order valence-electron chi connectivity index (χ1n) is 6.70. The maximum Gasteiger partial charge on any atom is 0.0686 e. The molecule has 0 aromatic rings. The van der Waals surface area contributed by atoms with Crippen LogP contribution in [-0.2, 0) is 0 Å². The minimum absolute atomic E-state index is 1.06. The average Bonchev–Trinajstić information content (AvgIpc) is 2.08. The van der Waals surface area contributed by atoms with Gasteiger partial charge in [-0.15, -0.1) is 0 Å². The molecule has 0 aliphatic carbocycles. The molecular formula is C15H30Si. The van der Waals surface area contributed by atoms with E-state index in [1.807, 2.05) is 0 Å². The molecule has 0 radical (unpaired) electrons. The van der Waals surface area contributed by atoms with E-state index >= 15 is 0 Å². The molecule has 0 aromatic carbocycles. The van der Waals surface area contributed by atoms with E-state index < -0.39 is 8.07 Å². The molecule has 0 fully saturated rings. The molecule has 94 valence electrons. The molecule has 0 N–H and O–H groups in total. The Kier molecular flexibility index (Phi) is 7.74. The number of hydrogen-bond donors (Lipinski definition) is 0. The lowest BCUT2D eigenvalue weighted by atomic mass is 10.0. The maximum absolute atomic E-state index is 4.04. The summed E-state index contributed by atoms with van der Waals surface area (Å²) >= 11 is 0. The number of hydrogen-bond acceptors (Lipinski definition) is 0. The van der Waals surface area contributed by atoms with Crippen molar-refractivity contribution in [3.8, 4) is 0 Å². The van der Waals surface area contributed by atoms with Crippen LogP contribution in [0.3, 0.4) is 0 Å². The third kappa shape index (κ3) is 10.2. The molecule has 0 heterocycles. The molecule has 0 amide bonds. The summed E-state index contributed by atoms with van der Waals surface area (Å²) in [6, 6.07) is 0. The molecule has 0 atom stereocenters. The van der Waals surface area contributed by atoms with E-state index in [0.29, 0.717) is 0 Å². The SMILES string of the molecule is C=C(C)C/C(=C\[Si](C)(C)C)CCCCCC. The lowest BCUT2D eigenvalue weighted by Gasteiger charge is -2.15. The zero-order valence-electron chi connectivity index (χ0n) is 12.0. The summed E-state index contributed by atoms with van der Waals surface area (Å²) in [5.41, 5.74) is 5.52. The van der Waals surface area contributed by atoms with Crippen LogP contribution < -0.4 is 0 Å². The monoisotopic (exact) mass is 238 g/mol. The molecule has 0 saturated heterocycles. The fourth-order valence-electron chi connectivity index (χ4n) is 1.99. The molecule has 0 nitrogen and oxygen atoms in total.